The number of rotatable bonds is 2. The standard InChI is InChI=1S/C16H11F2NO/c1-9-4-2-3-5-10(9)15-11(8-20)14-12(17)6-7-13(18)16(14)19-15/h2-8,19H,1H3. The number of aromatic amines is 1. The van der Waals surface area contributed by atoms with Crippen LogP contribution in [0.3, 0.4) is 0 Å². The minimum Gasteiger partial charge on any atom is -0.351 e. The maximum Gasteiger partial charge on any atom is 0.152 e. The summed E-state index contributed by atoms with van der Waals surface area (Å²) in [5, 5.41) is -0.00162. The Morgan fingerprint density at radius 1 is 1.05 bits per heavy atom. The Morgan fingerprint density at radius 3 is 2.45 bits per heavy atom. The number of carbonyl (C=O) groups excluding carboxylic acids is 1. The molecule has 0 atom stereocenters. The highest BCUT2D eigenvalue weighted by Crippen LogP contribution is 2.33. The van der Waals surface area contributed by atoms with E-state index in [-0.39, 0.29) is 16.5 Å². The lowest BCUT2D eigenvalue weighted by Gasteiger charge is -2.03. The Morgan fingerprint density at radius 2 is 1.75 bits per heavy atom. The highest BCUT2D eigenvalue weighted by molar-refractivity contribution is 6.05. The number of fused-ring (bicyclic) bond motifs is 1. The van der Waals surface area contributed by atoms with Crippen molar-refractivity contribution < 1.29 is 13.6 Å². The zero-order chi connectivity index (χ0) is 14.3. The van der Waals surface area contributed by atoms with Crippen molar-refractivity contribution >= 4 is 17.2 Å². The number of halogens is 2. The fourth-order valence-corrected chi connectivity index (χ4v) is 2.44. The maximum atomic E-state index is 13.9. The van der Waals surface area contributed by atoms with Crippen LogP contribution in [0.25, 0.3) is 22.2 Å². The van der Waals surface area contributed by atoms with Crippen LogP contribution in [0.5, 0.6) is 0 Å². The molecule has 0 aliphatic rings. The van der Waals surface area contributed by atoms with Crippen molar-refractivity contribution in [3.8, 4) is 11.3 Å². The predicted octanol–water partition coefficient (Wildman–Crippen LogP) is 4.23. The molecule has 3 aromatic rings. The number of carbonyl (C=O) groups is 1. The van der Waals surface area contributed by atoms with Crippen molar-refractivity contribution in [2.75, 3.05) is 0 Å². The van der Waals surface area contributed by atoms with E-state index in [1.807, 2.05) is 31.2 Å². The van der Waals surface area contributed by atoms with Gasteiger partial charge in [0.05, 0.1) is 16.8 Å². The number of aromatic nitrogens is 1. The average Bonchev–Trinajstić information content (AvgIpc) is 2.84. The van der Waals surface area contributed by atoms with Crippen LogP contribution < -0.4 is 0 Å². The fraction of sp³-hybridized carbons (Fsp3) is 0.0625. The van der Waals surface area contributed by atoms with Gasteiger partial charge >= 0.3 is 0 Å². The SMILES string of the molecule is Cc1ccccc1-c1[nH]c2c(F)ccc(F)c2c1C=O. The molecule has 100 valence electrons. The number of H-pyrrole nitrogens is 1. The normalized spacial score (nSPS) is 10.9. The predicted molar refractivity (Wildman–Crippen MR) is 73.8 cm³/mol. The first-order valence-electron chi connectivity index (χ1n) is 6.14. The zero-order valence-electron chi connectivity index (χ0n) is 10.7. The average molecular weight is 271 g/mol. The summed E-state index contributed by atoms with van der Waals surface area (Å²) < 4.78 is 27.7. The second-order valence-corrected chi connectivity index (χ2v) is 4.63. The smallest absolute Gasteiger partial charge is 0.152 e. The molecule has 1 heterocycles. The van der Waals surface area contributed by atoms with Gasteiger partial charge in [0.1, 0.15) is 11.6 Å². The van der Waals surface area contributed by atoms with E-state index in [0.29, 0.717) is 12.0 Å². The number of nitrogens with one attached hydrogen (secondary N) is 1. The van der Waals surface area contributed by atoms with Crippen LogP contribution in [0.1, 0.15) is 15.9 Å². The third kappa shape index (κ3) is 1.72. The summed E-state index contributed by atoms with van der Waals surface area (Å²) in [6, 6.07) is 9.44. The lowest BCUT2D eigenvalue weighted by Crippen LogP contribution is -1.88. The number of hydrogen-bond donors (Lipinski definition) is 1. The van der Waals surface area contributed by atoms with Crippen LogP contribution in [0.15, 0.2) is 36.4 Å². The molecular formula is C16H11F2NO. The van der Waals surface area contributed by atoms with Crippen LogP contribution >= 0.6 is 0 Å². The summed E-state index contributed by atoms with van der Waals surface area (Å²) in [6.07, 6.45) is 0.559. The largest absolute Gasteiger partial charge is 0.351 e. The summed E-state index contributed by atoms with van der Waals surface area (Å²) in [5.74, 6) is -1.19. The van der Waals surface area contributed by atoms with Crippen LogP contribution in [0, 0.1) is 18.6 Å². The molecule has 2 nitrogen and oxygen atoms in total. The highest BCUT2D eigenvalue weighted by Gasteiger charge is 2.19. The molecule has 2 aromatic carbocycles. The van der Waals surface area contributed by atoms with Crippen molar-refractivity contribution in [1.82, 2.24) is 4.98 Å². The van der Waals surface area contributed by atoms with E-state index in [2.05, 4.69) is 4.98 Å². The van der Waals surface area contributed by atoms with Crippen molar-refractivity contribution in [1.29, 1.82) is 0 Å². The van der Waals surface area contributed by atoms with E-state index >= 15 is 0 Å². The molecule has 0 bridgehead atoms. The summed E-state index contributed by atoms with van der Waals surface area (Å²) in [4.78, 5) is 14.2. The molecule has 3 rings (SSSR count). The van der Waals surface area contributed by atoms with Gasteiger partial charge in [-0.3, -0.25) is 4.79 Å². The van der Waals surface area contributed by atoms with Gasteiger partial charge in [0.25, 0.3) is 0 Å². The van der Waals surface area contributed by atoms with Gasteiger partial charge in [-0.2, -0.15) is 0 Å². The molecule has 1 aromatic heterocycles. The first-order chi connectivity index (χ1) is 9.63. The Bertz CT molecular complexity index is 821. The third-order valence-electron chi connectivity index (χ3n) is 3.42. The van der Waals surface area contributed by atoms with Crippen LogP contribution in [0.4, 0.5) is 8.78 Å². The minimum atomic E-state index is -0.611. The third-order valence-corrected chi connectivity index (χ3v) is 3.42. The molecule has 0 unspecified atom stereocenters. The van der Waals surface area contributed by atoms with E-state index in [1.54, 1.807) is 0 Å². The Kier molecular flexibility index (Phi) is 2.86. The maximum absolute atomic E-state index is 13.9. The molecule has 0 spiro atoms. The van der Waals surface area contributed by atoms with Crippen LogP contribution in [0.2, 0.25) is 0 Å². The van der Waals surface area contributed by atoms with E-state index in [4.69, 9.17) is 0 Å². The topological polar surface area (TPSA) is 32.9 Å². The van der Waals surface area contributed by atoms with Crippen molar-refractivity contribution in [3.05, 3.63) is 59.2 Å². The Balaban J connectivity index is 2.44. The second-order valence-electron chi connectivity index (χ2n) is 4.63. The molecule has 0 saturated carbocycles. The van der Waals surface area contributed by atoms with E-state index in [1.165, 1.54) is 0 Å². The molecule has 0 amide bonds. The molecule has 0 aliphatic carbocycles. The van der Waals surface area contributed by atoms with Crippen molar-refractivity contribution in [2.24, 2.45) is 0 Å². The van der Waals surface area contributed by atoms with Gasteiger partial charge in [0, 0.05) is 10.9 Å². The molecule has 1 N–H and O–H groups in total. The zero-order valence-corrected chi connectivity index (χ0v) is 10.7. The Labute approximate surface area is 114 Å². The quantitative estimate of drug-likeness (QED) is 0.695. The van der Waals surface area contributed by atoms with E-state index < -0.39 is 11.6 Å². The van der Waals surface area contributed by atoms with Gasteiger partial charge in [0.2, 0.25) is 0 Å². The molecule has 20 heavy (non-hydrogen) atoms. The van der Waals surface area contributed by atoms with Gasteiger partial charge in [-0.15, -0.1) is 0 Å². The molecule has 4 heteroatoms. The van der Waals surface area contributed by atoms with Crippen LogP contribution in [-0.4, -0.2) is 11.3 Å². The van der Waals surface area contributed by atoms with Gasteiger partial charge in [-0.1, -0.05) is 24.3 Å². The first-order valence-corrected chi connectivity index (χ1v) is 6.14. The minimum absolute atomic E-state index is 0.00162. The lowest BCUT2D eigenvalue weighted by molar-refractivity contribution is 0.112. The molecule has 0 fully saturated rings. The van der Waals surface area contributed by atoms with Gasteiger partial charge < -0.3 is 4.98 Å². The summed E-state index contributed by atoms with van der Waals surface area (Å²) >= 11 is 0. The number of hydrogen-bond acceptors (Lipinski definition) is 1. The summed E-state index contributed by atoms with van der Waals surface area (Å²) in [7, 11) is 0. The van der Waals surface area contributed by atoms with E-state index in [9.17, 15) is 13.6 Å². The second kappa shape index (κ2) is 4.56. The Hall–Kier alpha value is -2.49. The summed E-state index contributed by atoms with van der Waals surface area (Å²) in [5.41, 5.74) is 2.28. The molecule has 0 radical (unpaired) electrons. The van der Waals surface area contributed by atoms with Gasteiger partial charge in [0.15, 0.2) is 6.29 Å². The molecule has 0 aliphatic heterocycles. The van der Waals surface area contributed by atoms with Crippen molar-refractivity contribution in [3.63, 3.8) is 0 Å². The molecular weight excluding hydrogens is 260 g/mol. The highest BCUT2D eigenvalue weighted by atomic mass is 19.1. The van der Waals surface area contributed by atoms with Gasteiger partial charge in [-0.25, -0.2) is 8.78 Å². The lowest BCUT2D eigenvalue weighted by atomic mass is 10.0. The first kappa shape index (κ1) is 12.5. The van der Waals surface area contributed by atoms with Crippen molar-refractivity contribution in [2.45, 2.75) is 6.92 Å². The summed E-state index contributed by atoms with van der Waals surface area (Å²) in [6.45, 7) is 1.88. The van der Waals surface area contributed by atoms with Gasteiger partial charge in [-0.05, 0) is 24.6 Å². The monoisotopic (exact) mass is 271 g/mol. The number of benzene rings is 2. The number of aryl methyl sites for hydroxylation is 1. The molecule has 0 saturated heterocycles. The fourth-order valence-electron chi connectivity index (χ4n) is 2.44. The van der Waals surface area contributed by atoms with E-state index in [0.717, 1.165) is 23.3 Å². The van der Waals surface area contributed by atoms with Crippen LogP contribution in [-0.2, 0) is 0 Å². The number of aldehydes is 1.